The molecule has 0 aromatic carbocycles. The maximum Gasteiger partial charge on any atom is 0.252 e. The predicted octanol–water partition coefficient (Wildman–Crippen LogP) is 1.48. The quantitative estimate of drug-likeness (QED) is 0.715. The minimum absolute atomic E-state index is 0.324. The Morgan fingerprint density at radius 1 is 1.54 bits per heavy atom. The third kappa shape index (κ3) is 1.59. The normalized spacial score (nSPS) is 10.5. The molecular weight excluding hydrogens is 172 g/mol. The molecule has 0 N–H and O–H groups in total. The average Bonchev–Trinajstić information content (AvgIpc) is 2.70. The highest BCUT2D eigenvalue weighted by atomic mass is 16.5. The molecule has 0 amide bonds. The Morgan fingerprint density at radius 2 is 2.46 bits per heavy atom. The average molecular weight is 180 g/mol. The van der Waals surface area contributed by atoms with Gasteiger partial charge in [0.05, 0.1) is 11.8 Å². The first-order chi connectivity index (χ1) is 6.40. The summed E-state index contributed by atoms with van der Waals surface area (Å²) in [6.07, 6.45) is 3.11. The molecule has 0 saturated heterocycles. The summed E-state index contributed by atoms with van der Waals surface area (Å²) in [4.78, 5) is 4.08. The van der Waals surface area contributed by atoms with Gasteiger partial charge >= 0.3 is 0 Å². The Balaban J connectivity index is 2.23. The molecule has 0 atom stereocenters. The molecule has 0 aliphatic heterocycles. The molecule has 68 valence electrons. The summed E-state index contributed by atoms with van der Waals surface area (Å²) in [6, 6.07) is 1.77. The van der Waals surface area contributed by atoms with Crippen LogP contribution in [0.15, 0.2) is 27.5 Å². The first kappa shape index (κ1) is 8.00. The number of aromatic nitrogens is 2. The van der Waals surface area contributed by atoms with E-state index in [-0.39, 0.29) is 0 Å². The van der Waals surface area contributed by atoms with Crippen LogP contribution in [0.3, 0.4) is 0 Å². The lowest BCUT2D eigenvalue weighted by Gasteiger charge is -1.86. The Morgan fingerprint density at radius 3 is 3.15 bits per heavy atom. The molecule has 2 rings (SSSR count). The molecule has 2 heterocycles. The zero-order chi connectivity index (χ0) is 9.10. The Hall–Kier alpha value is -1.62. The van der Waals surface area contributed by atoms with Crippen LogP contribution in [0.1, 0.15) is 5.89 Å². The lowest BCUT2D eigenvalue weighted by Crippen LogP contribution is -1.86. The third-order valence-electron chi connectivity index (χ3n) is 1.52. The fraction of sp³-hybridized carbons (Fsp3) is 0.250. The first-order valence-electron chi connectivity index (χ1n) is 3.74. The van der Waals surface area contributed by atoms with Gasteiger partial charge in [0.25, 0.3) is 5.89 Å². The maximum atomic E-state index is 4.90. The summed E-state index contributed by atoms with van der Waals surface area (Å²) in [5.74, 6) is 0.972. The highest BCUT2D eigenvalue weighted by Crippen LogP contribution is 2.15. The van der Waals surface area contributed by atoms with Crippen molar-refractivity contribution in [3.8, 4) is 11.4 Å². The number of nitrogens with zero attached hydrogens (tertiary/aromatic N) is 2. The minimum Gasteiger partial charge on any atom is -0.472 e. The molecule has 5 nitrogen and oxygen atoms in total. The van der Waals surface area contributed by atoms with E-state index in [0.29, 0.717) is 18.3 Å². The smallest absolute Gasteiger partial charge is 0.252 e. The van der Waals surface area contributed by atoms with Gasteiger partial charge in [-0.25, -0.2) is 0 Å². The monoisotopic (exact) mass is 180 g/mol. The molecule has 0 saturated carbocycles. The summed E-state index contributed by atoms with van der Waals surface area (Å²) >= 11 is 0. The summed E-state index contributed by atoms with van der Waals surface area (Å²) < 4.78 is 14.6. The molecule has 2 aromatic rings. The number of hydrogen-bond acceptors (Lipinski definition) is 5. The zero-order valence-corrected chi connectivity index (χ0v) is 7.06. The van der Waals surface area contributed by atoms with Crippen molar-refractivity contribution < 1.29 is 13.7 Å². The van der Waals surface area contributed by atoms with E-state index in [1.165, 1.54) is 0 Å². The van der Waals surface area contributed by atoms with Crippen molar-refractivity contribution in [3.63, 3.8) is 0 Å². The minimum atomic E-state index is 0.324. The van der Waals surface area contributed by atoms with Crippen LogP contribution in [0.4, 0.5) is 0 Å². The Bertz CT molecular complexity index is 366. The van der Waals surface area contributed by atoms with Crippen LogP contribution in [0.5, 0.6) is 0 Å². The van der Waals surface area contributed by atoms with Crippen LogP contribution in [-0.2, 0) is 11.3 Å². The van der Waals surface area contributed by atoms with Crippen molar-refractivity contribution in [2.24, 2.45) is 0 Å². The predicted molar refractivity (Wildman–Crippen MR) is 42.7 cm³/mol. The van der Waals surface area contributed by atoms with Crippen LogP contribution >= 0.6 is 0 Å². The molecule has 2 aromatic heterocycles. The van der Waals surface area contributed by atoms with Crippen LogP contribution < -0.4 is 0 Å². The molecule has 0 radical (unpaired) electrons. The maximum absolute atomic E-state index is 4.90. The van der Waals surface area contributed by atoms with E-state index < -0.39 is 0 Å². The van der Waals surface area contributed by atoms with Gasteiger partial charge in [-0.15, -0.1) is 0 Å². The summed E-state index contributed by atoms with van der Waals surface area (Å²) in [7, 11) is 1.57. The molecule has 0 spiro atoms. The van der Waals surface area contributed by atoms with E-state index in [1.807, 2.05) is 0 Å². The molecule has 0 aliphatic rings. The fourth-order valence-electron chi connectivity index (χ4n) is 0.946. The second-order valence-corrected chi connectivity index (χ2v) is 2.46. The lowest BCUT2D eigenvalue weighted by molar-refractivity contribution is 0.151. The third-order valence-corrected chi connectivity index (χ3v) is 1.52. The summed E-state index contributed by atoms with van der Waals surface area (Å²) in [5, 5.41) is 3.75. The summed E-state index contributed by atoms with van der Waals surface area (Å²) in [5.41, 5.74) is 0.797. The number of hydrogen-bond donors (Lipinski definition) is 0. The molecule has 13 heavy (non-hydrogen) atoms. The standard InChI is InChI=1S/C8H8N2O3/c1-11-5-7-9-8(10-13-7)6-2-3-12-4-6/h2-4H,5H2,1H3. The molecule has 0 unspecified atom stereocenters. The van der Waals surface area contributed by atoms with Gasteiger partial charge in [0.1, 0.15) is 12.9 Å². The van der Waals surface area contributed by atoms with Gasteiger partial charge in [-0.2, -0.15) is 4.98 Å². The fourth-order valence-corrected chi connectivity index (χ4v) is 0.946. The second kappa shape index (κ2) is 3.40. The van der Waals surface area contributed by atoms with Gasteiger partial charge < -0.3 is 13.7 Å². The van der Waals surface area contributed by atoms with E-state index in [0.717, 1.165) is 5.56 Å². The number of furan rings is 1. The molecule has 5 heteroatoms. The van der Waals surface area contributed by atoms with E-state index in [9.17, 15) is 0 Å². The van der Waals surface area contributed by atoms with Gasteiger partial charge in [0.15, 0.2) is 0 Å². The van der Waals surface area contributed by atoms with Gasteiger partial charge in [-0.3, -0.25) is 0 Å². The van der Waals surface area contributed by atoms with Gasteiger partial charge in [-0.05, 0) is 6.07 Å². The molecular formula is C8H8N2O3. The van der Waals surface area contributed by atoms with Gasteiger partial charge in [0.2, 0.25) is 5.82 Å². The molecule has 0 aliphatic carbocycles. The first-order valence-corrected chi connectivity index (χ1v) is 3.74. The van der Waals surface area contributed by atoms with Crippen molar-refractivity contribution >= 4 is 0 Å². The second-order valence-electron chi connectivity index (χ2n) is 2.46. The van der Waals surface area contributed by atoms with E-state index >= 15 is 0 Å². The summed E-state index contributed by atoms with van der Waals surface area (Å²) in [6.45, 7) is 0.324. The largest absolute Gasteiger partial charge is 0.472 e. The number of ether oxygens (including phenoxy) is 1. The van der Waals surface area contributed by atoms with Crippen LogP contribution in [0.2, 0.25) is 0 Å². The topological polar surface area (TPSA) is 61.3 Å². The molecule has 0 fully saturated rings. The van der Waals surface area contributed by atoms with E-state index in [2.05, 4.69) is 10.1 Å². The van der Waals surface area contributed by atoms with Crippen molar-refractivity contribution in [2.45, 2.75) is 6.61 Å². The van der Waals surface area contributed by atoms with Gasteiger partial charge in [-0.1, -0.05) is 5.16 Å². The Labute approximate surface area is 74.3 Å². The van der Waals surface area contributed by atoms with Crippen molar-refractivity contribution in [1.29, 1.82) is 0 Å². The highest BCUT2D eigenvalue weighted by Gasteiger charge is 2.08. The van der Waals surface area contributed by atoms with E-state index in [4.69, 9.17) is 13.7 Å². The number of rotatable bonds is 3. The van der Waals surface area contributed by atoms with Crippen LogP contribution in [-0.4, -0.2) is 17.3 Å². The number of methoxy groups -OCH3 is 1. The van der Waals surface area contributed by atoms with Crippen LogP contribution in [0, 0.1) is 0 Å². The van der Waals surface area contributed by atoms with Crippen LogP contribution in [0.25, 0.3) is 11.4 Å². The van der Waals surface area contributed by atoms with E-state index in [1.54, 1.807) is 25.7 Å². The van der Waals surface area contributed by atoms with Crippen molar-refractivity contribution in [1.82, 2.24) is 10.1 Å². The molecule has 0 bridgehead atoms. The lowest BCUT2D eigenvalue weighted by atomic mass is 10.3. The van der Waals surface area contributed by atoms with Gasteiger partial charge in [0, 0.05) is 7.11 Å². The highest BCUT2D eigenvalue weighted by molar-refractivity contribution is 5.51. The zero-order valence-electron chi connectivity index (χ0n) is 7.06. The SMILES string of the molecule is COCc1nc(-c2ccoc2)no1. The van der Waals surface area contributed by atoms with Crippen molar-refractivity contribution in [3.05, 3.63) is 24.5 Å². The Kier molecular flexibility index (Phi) is 2.09. The van der Waals surface area contributed by atoms with Crippen molar-refractivity contribution in [2.75, 3.05) is 7.11 Å².